The van der Waals surface area contributed by atoms with Gasteiger partial charge in [-0.25, -0.2) is 19.9 Å². The minimum atomic E-state index is -1.36. The van der Waals surface area contributed by atoms with E-state index in [0.717, 1.165) is 0 Å². The SMILES string of the molecule is CN=CC(=CN)c1cnc2[nH]cc(-c3cc(C(C)(O)c4ccccc4)nc(N)n3)c2n1. The van der Waals surface area contributed by atoms with E-state index in [0.29, 0.717) is 44.9 Å². The number of benzene rings is 1. The zero-order valence-corrected chi connectivity index (χ0v) is 17.1. The van der Waals surface area contributed by atoms with Gasteiger partial charge in [0.1, 0.15) is 11.1 Å². The summed E-state index contributed by atoms with van der Waals surface area (Å²) in [6, 6.07) is 11.0. The lowest BCUT2D eigenvalue weighted by Crippen LogP contribution is -2.25. The van der Waals surface area contributed by atoms with Crippen molar-refractivity contribution in [1.29, 1.82) is 0 Å². The summed E-state index contributed by atoms with van der Waals surface area (Å²) in [6.07, 6.45) is 6.40. The molecule has 6 N–H and O–H groups in total. The second kappa shape index (κ2) is 7.96. The van der Waals surface area contributed by atoms with Crippen LogP contribution >= 0.6 is 0 Å². The summed E-state index contributed by atoms with van der Waals surface area (Å²) in [5.41, 5.74) is 15.0. The van der Waals surface area contributed by atoms with Gasteiger partial charge in [0.15, 0.2) is 5.65 Å². The Balaban J connectivity index is 1.85. The van der Waals surface area contributed by atoms with Crippen LogP contribution < -0.4 is 11.5 Å². The van der Waals surface area contributed by atoms with Crippen LogP contribution in [-0.2, 0) is 5.60 Å². The maximum absolute atomic E-state index is 11.2. The van der Waals surface area contributed by atoms with Crippen molar-refractivity contribution in [3.05, 3.63) is 71.9 Å². The van der Waals surface area contributed by atoms with Crippen molar-refractivity contribution in [3.8, 4) is 11.3 Å². The summed E-state index contributed by atoms with van der Waals surface area (Å²) < 4.78 is 0. The molecule has 1 atom stereocenters. The number of hydrogen-bond donors (Lipinski definition) is 4. The lowest BCUT2D eigenvalue weighted by Gasteiger charge is -2.23. The normalized spacial score (nSPS) is 14.2. The number of H-pyrrole nitrogens is 1. The van der Waals surface area contributed by atoms with E-state index in [4.69, 9.17) is 11.5 Å². The topological polar surface area (TPSA) is 152 Å². The number of nitrogens with zero attached hydrogens (tertiary/aromatic N) is 5. The van der Waals surface area contributed by atoms with Crippen molar-refractivity contribution in [2.45, 2.75) is 12.5 Å². The fourth-order valence-electron chi connectivity index (χ4n) is 3.32. The monoisotopic (exact) mass is 414 g/mol. The van der Waals surface area contributed by atoms with E-state index in [1.807, 2.05) is 30.3 Å². The van der Waals surface area contributed by atoms with Crippen molar-refractivity contribution >= 4 is 28.9 Å². The highest BCUT2D eigenvalue weighted by molar-refractivity contribution is 6.09. The molecule has 0 aliphatic heterocycles. The number of nitrogen functional groups attached to an aromatic ring is 1. The third kappa shape index (κ3) is 3.74. The average Bonchev–Trinajstić information content (AvgIpc) is 3.21. The Morgan fingerprint density at radius 2 is 1.97 bits per heavy atom. The highest BCUT2D eigenvalue weighted by Crippen LogP contribution is 2.32. The molecule has 0 fully saturated rings. The molecule has 31 heavy (non-hydrogen) atoms. The van der Waals surface area contributed by atoms with Gasteiger partial charge in [-0.2, -0.15) is 0 Å². The van der Waals surface area contributed by atoms with Crippen LogP contribution in [0.4, 0.5) is 5.95 Å². The average molecular weight is 414 g/mol. The largest absolute Gasteiger partial charge is 0.404 e. The van der Waals surface area contributed by atoms with E-state index in [1.54, 1.807) is 38.6 Å². The predicted octanol–water partition coefficient (Wildman–Crippen LogP) is 2.25. The van der Waals surface area contributed by atoms with Gasteiger partial charge < -0.3 is 21.6 Å². The van der Waals surface area contributed by atoms with Gasteiger partial charge in [0.2, 0.25) is 5.95 Å². The molecular weight excluding hydrogens is 392 g/mol. The van der Waals surface area contributed by atoms with Crippen molar-refractivity contribution in [1.82, 2.24) is 24.9 Å². The van der Waals surface area contributed by atoms with Crippen LogP contribution in [0.25, 0.3) is 28.0 Å². The molecule has 156 valence electrons. The van der Waals surface area contributed by atoms with Crippen LogP contribution in [0.1, 0.15) is 23.9 Å². The molecule has 9 nitrogen and oxygen atoms in total. The molecule has 1 unspecified atom stereocenters. The first-order valence-corrected chi connectivity index (χ1v) is 9.56. The standard InChI is InChI=1S/C22H22N8O/c1-22(31,14-6-4-3-5-7-14)18-8-16(29-21(24)30-18)15-11-26-20-19(15)28-17(12-27-20)13(9-23)10-25-2/h3-12,31H,23H2,1-2H3,(H,26,27)(H2,24,29,30). The number of allylic oxidation sites excluding steroid dienone is 1. The number of anilines is 1. The molecule has 3 heterocycles. The zero-order chi connectivity index (χ0) is 22.0. The van der Waals surface area contributed by atoms with Gasteiger partial charge in [-0.1, -0.05) is 30.3 Å². The van der Waals surface area contributed by atoms with Crippen molar-refractivity contribution in [2.24, 2.45) is 10.7 Å². The number of rotatable bonds is 5. The van der Waals surface area contributed by atoms with Crippen LogP contribution in [0.15, 0.2) is 60.0 Å². The first-order valence-electron chi connectivity index (χ1n) is 9.56. The van der Waals surface area contributed by atoms with Crippen LogP contribution in [0.5, 0.6) is 0 Å². The summed E-state index contributed by atoms with van der Waals surface area (Å²) in [5.74, 6) is 0.0443. The smallest absolute Gasteiger partial charge is 0.220 e. The first-order chi connectivity index (χ1) is 14.9. The fraction of sp³-hybridized carbons (Fsp3) is 0.136. The highest BCUT2D eigenvalue weighted by atomic mass is 16.3. The molecule has 0 aliphatic carbocycles. The third-order valence-corrected chi connectivity index (χ3v) is 4.98. The van der Waals surface area contributed by atoms with E-state index in [9.17, 15) is 5.11 Å². The third-order valence-electron chi connectivity index (χ3n) is 4.98. The van der Waals surface area contributed by atoms with Crippen molar-refractivity contribution in [2.75, 3.05) is 12.8 Å². The molecule has 4 aromatic rings. The van der Waals surface area contributed by atoms with Gasteiger partial charge in [0.25, 0.3) is 0 Å². The number of aliphatic imine (C=N–C) groups is 1. The van der Waals surface area contributed by atoms with Crippen LogP contribution in [0.3, 0.4) is 0 Å². The van der Waals surface area contributed by atoms with E-state index < -0.39 is 5.60 Å². The molecule has 0 spiro atoms. The Morgan fingerprint density at radius 3 is 2.68 bits per heavy atom. The molecule has 0 radical (unpaired) electrons. The number of fused-ring (bicyclic) bond motifs is 1. The Morgan fingerprint density at radius 1 is 1.19 bits per heavy atom. The number of aromatic amines is 1. The molecule has 9 heteroatoms. The van der Waals surface area contributed by atoms with Gasteiger partial charge in [0, 0.05) is 36.8 Å². The lowest BCUT2D eigenvalue weighted by molar-refractivity contribution is 0.0975. The predicted molar refractivity (Wildman–Crippen MR) is 121 cm³/mol. The summed E-state index contributed by atoms with van der Waals surface area (Å²) in [7, 11) is 1.65. The maximum atomic E-state index is 11.2. The first kappa shape index (κ1) is 20.2. The fourth-order valence-corrected chi connectivity index (χ4v) is 3.32. The second-order valence-electron chi connectivity index (χ2n) is 7.10. The van der Waals surface area contributed by atoms with Gasteiger partial charge in [-0.05, 0) is 18.6 Å². The highest BCUT2D eigenvalue weighted by Gasteiger charge is 2.28. The Labute approximate surface area is 178 Å². The molecule has 0 aliphatic rings. The van der Waals surface area contributed by atoms with Crippen molar-refractivity contribution < 1.29 is 5.11 Å². The Hall–Kier alpha value is -4.11. The second-order valence-corrected chi connectivity index (χ2v) is 7.10. The number of nitrogens with one attached hydrogen (secondary N) is 1. The Bertz CT molecular complexity index is 1290. The summed E-state index contributed by atoms with van der Waals surface area (Å²) >= 11 is 0. The minimum Gasteiger partial charge on any atom is -0.404 e. The van der Waals surface area contributed by atoms with E-state index in [1.165, 1.54) is 6.20 Å². The molecule has 0 saturated heterocycles. The molecule has 1 aromatic carbocycles. The lowest BCUT2D eigenvalue weighted by atomic mass is 9.91. The molecule has 0 bridgehead atoms. The summed E-state index contributed by atoms with van der Waals surface area (Å²) in [6.45, 7) is 1.67. The molecular formula is C22H22N8O. The van der Waals surface area contributed by atoms with E-state index >= 15 is 0 Å². The number of hydrogen-bond acceptors (Lipinski definition) is 8. The quantitative estimate of drug-likeness (QED) is 0.365. The van der Waals surface area contributed by atoms with Crippen LogP contribution in [0.2, 0.25) is 0 Å². The molecule has 3 aromatic heterocycles. The molecule has 4 rings (SSSR count). The van der Waals surface area contributed by atoms with Gasteiger partial charge in [-0.3, -0.25) is 4.99 Å². The molecule has 0 saturated carbocycles. The number of aromatic nitrogens is 5. The van der Waals surface area contributed by atoms with Gasteiger partial charge in [-0.15, -0.1) is 0 Å². The van der Waals surface area contributed by atoms with Crippen molar-refractivity contribution in [3.63, 3.8) is 0 Å². The van der Waals surface area contributed by atoms with Gasteiger partial charge in [0.05, 0.1) is 23.3 Å². The van der Waals surface area contributed by atoms with Crippen LogP contribution in [-0.4, -0.2) is 43.3 Å². The summed E-state index contributed by atoms with van der Waals surface area (Å²) in [5, 5.41) is 11.2. The zero-order valence-electron chi connectivity index (χ0n) is 17.1. The number of aliphatic hydroxyl groups is 1. The van der Waals surface area contributed by atoms with Gasteiger partial charge >= 0.3 is 0 Å². The van der Waals surface area contributed by atoms with E-state index in [-0.39, 0.29) is 5.95 Å². The number of nitrogens with two attached hydrogens (primary N) is 2. The summed E-state index contributed by atoms with van der Waals surface area (Å²) in [4.78, 5) is 24.8. The minimum absolute atomic E-state index is 0.0443. The van der Waals surface area contributed by atoms with E-state index in [2.05, 4.69) is 29.9 Å². The molecule has 0 amide bonds. The van der Waals surface area contributed by atoms with Crippen LogP contribution in [0, 0.1) is 0 Å². The Kier molecular flexibility index (Phi) is 5.18. The maximum Gasteiger partial charge on any atom is 0.220 e.